The highest BCUT2D eigenvalue weighted by atomic mass is 16.5. The maximum Gasteiger partial charge on any atom is 0.310 e. The molecule has 2 rings (SSSR count). The van der Waals surface area contributed by atoms with Crippen molar-refractivity contribution in [3.05, 3.63) is 0 Å². The number of likely N-dealkylation sites (tertiary alicyclic amines) is 1. The number of hydrogen-bond acceptors (Lipinski definition) is 5. The van der Waals surface area contributed by atoms with Gasteiger partial charge < -0.3 is 19.3 Å². The molecule has 2 aliphatic heterocycles. The summed E-state index contributed by atoms with van der Waals surface area (Å²) >= 11 is 0. The number of esters is 1. The van der Waals surface area contributed by atoms with Gasteiger partial charge in [-0.05, 0) is 26.3 Å². The molecule has 2 saturated heterocycles. The van der Waals surface area contributed by atoms with Crippen molar-refractivity contribution in [3.8, 4) is 0 Å². The van der Waals surface area contributed by atoms with Crippen LogP contribution in [0.2, 0.25) is 0 Å². The highest BCUT2D eigenvalue weighted by Gasteiger charge is 2.27. The molecule has 0 aromatic carbocycles. The third kappa shape index (κ3) is 4.97. The number of nitrogens with zero attached hydrogens (tertiary/aromatic N) is 2. The van der Waals surface area contributed by atoms with Gasteiger partial charge in [0.2, 0.25) is 5.91 Å². The minimum atomic E-state index is -0.0956. The van der Waals surface area contributed by atoms with E-state index in [9.17, 15) is 9.59 Å². The number of hydrogen-bond donors (Lipinski definition) is 0. The molecular weight excluding hydrogens is 272 g/mol. The van der Waals surface area contributed by atoms with Gasteiger partial charge in [0.25, 0.3) is 0 Å². The molecule has 6 nitrogen and oxygen atoms in total. The zero-order valence-electron chi connectivity index (χ0n) is 12.9. The Balaban J connectivity index is 1.72. The number of carbonyl (C=O) groups excluding carboxylic acids is 2. The van der Waals surface area contributed by atoms with E-state index in [-0.39, 0.29) is 17.8 Å². The zero-order valence-corrected chi connectivity index (χ0v) is 12.9. The van der Waals surface area contributed by atoms with E-state index < -0.39 is 0 Å². The normalized spacial score (nSPS) is 23.9. The van der Waals surface area contributed by atoms with Gasteiger partial charge >= 0.3 is 5.97 Å². The van der Waals surface area contributed by atoms with Crippen LogP contribution in [-0.2, 0) is 19.1 Å². The number of amides is 1. The Morgan fingerprint density at radius 1 is 1.24 bits per heavy atom. The average molecular weight is 298 g/mol. The highest BCUT2D eigenvalue weighted by Crippen LogP contribution is 2.18. The van der Waals surface area contributed by atoms with E-state index in [1.165, 1.54) is 0 Å². The van der Waals surface area contributed by atoms with Gasteiger partial charge in [0.15, 0.2) is 0 Å². The van der Waals surface area contributed by atoms with Gasteiger partial charge in [-0.3, -0.25) is 9.59 Å². The number of ether oxygens (including phenoxy) is 2. The summed E-state index contributed by atoms with van der Waals surface area (Å²) in [5.74, 6) is 0.0652. The minimum Gasteiger partial charge on any atom is -0.466 e. The molecule has 2 heterocycles. The largest absolute Gasteiger partial charge is 0.466 e. The van der Waals surface area contributed by atoms with E-state index in [1.54, 1.807) is 0 Å². The molecule has 2 aliphatic rings. The van der Waals surface area contributed by atoms with Gasteiger partial charge in [-0.2, -0.15) is 0 Å². The third-order valence-electron chi connectivity index (χ3n) is 4.13. The smallest absolute Gasteiger partial charge is 0.310 e. The SMILES string of the molecule is CCOC(=O)C1CCCN(CCC(=O)N2CCOCC2)C1. The van der Waals surface area contributed by atoms with Crippen LogP contribution >= 0.6 is 0 Å². The molecular formula is C15H26N2O4. The molecule has 1 amide bonds. The number of rotatable bonds is 5. The molecule has 1 atom stereocenters. The van der Waals surface area contributed by atoms with Gasteiger partial charge in [0, 0.05) is 32.6 Å². The van der Waals surface area contributed by atoms with Gasteiger partial charge in [0.1, 0.15) is 0 Å². The molecule has 0 bridgehead atoms. The van der Waals surface area contributed by atoms with Crippen LogP contribution in [0, 0.1) is 5.92 Å². The van der Waals surface area contributed by atoms with Crippen LogP contribution < -0.4 is 0 Å². The average Bonchev–Trinajstić information content (AvgIpc) is 2.54. The summed E-state index contributed by atoms with van der Waals surface area (Å²) in [6.45, 7) is 7.35. The van der Waals surface area contributed by atoms with E-state index in [0.29, 0.717) is 39.3 Å². The molecule has 2 fully saturated rings. The fourth-order valence-corrected chi connectivity index (χ4v) is 2.94. The van der Waals surface area contributed by atoms with Crippen molar-refractivity contribution in [2.75, 3.05) is 52.5 Å². The van der Waals surface area contributed by atoms with E-state index >= 15 is 0 Å². The first-order valence-electron chi connectivity index (χ1n) is 7.95. The summed E-state index contributed by atoms with van der Waals surface area (Å²) < 4.78 is 10.3. The lowest BCUT2D eigenvalue weighted by Gasteiger charge is -2.32. The van der Waals surface area contributed by atoms with E-state index in [2.05, 4.69) is 4.90 Å². The topological polar surface area (TPSA) is 59.1 Å². The van der Waals surface area contributed by atoms with Gasteiger partial charge in [-0.15, -0.1) is 0 Å². The molecule has 0 spiro atoms. The first kappa shape index (κ1) is 16.2. The zero-order chi connectivity index (χ0) is 15.1. The molecule has 0 saturated carbocycles. The van der Waals surface area contributed by atoms with Crippen molar-refractivity contribution in [3.63, 3.8) is 0 Å². The van der Waals surface area contributed by atoms with Crippen LogP contribution in [0.1, 0.15) is 26.2 Å². The van der Waals surface area contributed by atoms with Crippen molar-refractivity contribution in [1.29, 1.82) is 0 Å². The van der Waals surface area contributed by atoms with Crippen LogP contribution in [0.4, 0.5) is 0 Å². The summed E-state index contributed by atoms with van der Waals surface area (Å²) in [5.41, 5.74) is 0. The molecule has 21 heavy (non-hydrogen) atoms. The number of carbonyl (C=O) groups is 2. The first-order valence-corrected chi connectivity index (χ1v) is 7.95. The van der Waals surface area contributed by atoms with E-state index in [0.717, 1.165) is 32.5 Å². The Labute approximate surface area is 126 Å². The van der Waals surface area contributed by atoms with Crippen LogP contribution in [0.5, 0.6) is 0 Å². The minimum absolute atomic E-state index is 0.0304. The molecule has 0 N–H and O–H groups in total. The Morgan fingerprint density at radius 2 is 2.00 bits per heavy atom. The number of morpholine rings is 1. The molecule has 0 aliphatic carbocycles. The Bertz CT molecular complexity index is 356. The second-order valence-electron chi connectivity index (χ2n) is 5.63. The lowest BCUT2D eigenvalue weighted by Crippen LogP contribution is -2.44. The van der Waals surface area contributed by atoms with Crippen molar-refractivity contribution >= 4 is 11.9 Å². The number of piperidine rings is 1. The summed E-state index contributed by atoms with van der Waals surface area (Å²) in [7, 11) is 0. The lowest BCUT2D eigenvalue weighted by atomic mass is 9.98. The highest BCUT2D eigenvalue weighted by molar-refractivity contribution is 5.76. The van der Waals surface area contributed by atoms with Crippen LogP contribution in [0.25, 0.3) is 0 Å². The van der Waals surface area contributed by atoms with E-state index in [4.69, 9.17) is 9.47 Å². The fraction of sp³-hybridized carbons (Fsp3) is 0.867. The molecule has 1 unspecified atom stereocenters. The maximum atomic E-state index is 12.1. The van der Waals surface area contributed by atoms with Gasteiger partial charge in [0.05, 0.1) is 25.7 Å². The molecule has 0 aromatic heterocycles. The van der Waals surface area contributed by atoms with Crippen LogP contribution in [0.3, 0.4) is 0 Å². The standard InChI is InChI=1S/C15H26N2O4/c1-2-21-15(19)13-4-3-6-16(12-13)7-5-14(18)17-8-10-20-11-9-17/h13H,2-12H2,1H3. The fourth-order valence-electron chi connectivity index (χ4n) is 2.94. The predicted octanol–water partition coefficient (Wildman–Crippen LogP) is 0.510. The Hall–Kier alpha value is -1.14. The summed E-state index contributed by atoms with van der Waals surface area (Å²) in [5, 5.41) is 0. The quantitative estimate of drug-likeness (QED) is 0.692. The first-order chi connectivity index (χ1) is 10.2. The van der Waals surface area contributed by atoms with Crippen LogP contribution in [-0.4, -0.2) is 74.2 Å². The second-order valence-corrected chi connectivity index (χ2v) is 5.63. The van der Waals surface area contributed by atoms with Crippen molar-refractivity contribution < 1.29 is 19.1 Å². The van der Waals surface area contributed by atoms with Gasteiger partial charge in [-0.25, -0.2) is 0 Å². The lowest BCUT2D eigenvalue weighted by molar-refractivity contribution is -0.149. The van der Waals surface area contributed by atoms with Gasteiger partial charge in [-0.1, -0.05) is 0 Å². The summed E-state index contributed by atoms with van der Waals surface area (Å²) in [4.78, 5) is 28.0. The summed E-state index contributed by atoms with van der Waals surface area (Å²) in [6.07, 6.45) is 2.41. The molecule has 0 aromatic rings. The third-order valence-corrected chi connectivity index (χ3v) is 4.13. The predicted molar refractivity (Wildman–Crippen MR) is 77.8 cm³/mol. The van der Waals surface area contributed by atoms with Crippen molar-refractivity contribution in [1.82, 2.24) is 9.80 Å². The second kappa shape index (κ2) is 8.34. The maximum absolute atomic E-state index is 12.1. The molecule has 0 radical (unpaired) electrons. The molecule has 6 heteroatoms. The Morgan fingerprint density at radius 3 is 2.71 bits per heavy atom. The Kier molecular flexibility index (Phi) is 6.45. The van der Waals surface area contributed by atoms with Crippen molar-refractivity contribution in [2.24, 2.45) is 5.92 Å². The van der Waals surface area contributed by atoms with E-state index in [1.807, 2.05) is 11.8 Å². The van der Waals surface area contributed by atoms with Crippen LogP contribution in [0.15, 0.2) is 0 Å². The van der Waals surface area contributed by atoms with Crippen molar-refractivity contribution in [2.45, 2.75) is 26.2 Å². The summed E-state index contributed by atoms with van der Waals surface area (Å²) in [6, 6.07) is 0. The monoisotopic (exact) mass is 298 g/mol. The molecule has 120 valence electrons.